The van der Waals surface area contributed by atoms with Crippen LogP contribution in [0, 0.1) is 0 Å². The first-order chi connectivity index (χ1) is 11.8. The first-order valence-corrected chi connectivity index (χ1v) is 7.53. The summed E-state index contributed by atoms with van der Waals surface area (Å²) in [5.41, 5.74) is 3.47. The van der Waals surface area contributed by atoms with Gasteiger partial charge in [-0.15, -0.1) is 0 Å². The first kappa shape index (κ1) is 15.6. The summed E-state index contributed by atoms with van der Waals surface area (Å²) in [5, 5.41) is 12.7. The lowest BCUT2D eigenvalue weighted by atomic mass is 10.1. The van der Waals surface area contributed by atoms with Gasteiger partial charge in [-0.2, -0.15) is 5.10 Å². The van der Waals surface area contributed by atoms with Crippen LogP contribution in [-0.4, -0.2) is 29.8 Å². The Balaban J connectivity index is 1.57. The van der Waals surface area contributed by atoms with Gasteiger partial charge in [-0.3, -0.25) is 9.89 Å². The molecule has 0 aliphatic carbocycles. The third-order valence-corrected chi connectivity index (χ3v) is 3.53. The quantitative estimate of drug-likeness (QED) is 0.651. The van der Waals surface area contributed by atoms with Crippen molar-refractivity contribution in [2.45, 2.75) is 0 Å². The summed E-state index contributed by atoms with van der Waals surface area (Å²) in [6.07, 6.45) is 1.70. The number of nitrogens with one attached hydrogen (secondary N) is 3. The number of para-hydroxylation sites is 2. The Labute approximate surface area is 139 Å². The van der Waals surface area contributed by atoms with Crippen LogP contribution < -0.4 is 15.4 Å². The number of anilines is 2. The van der Waals surface area contributed by atoms with Crippen LogP contribution >= 0.6 is 0 Å². The molecular weight excluding hydrogens is 304 g/mol. The summed E-state index contributed by atoms with van der Waals surface area (Å²) in [6.45, 7) is 0.155. The van der Waals surface area contributed by atoms with Gasteiger partial charge in [0.1, 0.15) is 5.75 Å². The monoisotopic (exact) mass is 322 g/mol. The molecule has 2 aromatic carbocycles. The van der Waals surface area contributed by atoms with Crippen LogP contribution in [0.15, 0.2) is 60.8 Å². The minimum absolute atomic E-state index is 0.129. The third kappa shape index (κ3) is 3.73. The van der Waals surface area contributed by atoms with Crippen molar-refractivity contribution in [3.63, 3.8) is 0 Å². The number of amides is 1. The van der Waals surface area contributed by atoms with Crippen molar-refractivity contribution in [2.75, 3.05) is 24.3 Å². The molecule has 6 nitrogen and oxygen atoms in total. The number of hydrogen-bond acceptors (Lipinski definition) is 4. The number of carbonyl (C=O) groups is 1. The molecule has 0 radical (unpaired) electrons. The predicted molar refractivity (Wildman–Crippen MR) is 94.1 cm³/mol. The number of aromatic amines is 1. The number of benzene rings is 2. The zero-order chi connectivity index (χ0) is 16.8. The maximum Gasteiger partial charge on any atom is 0.243 e. The van der Waals surface area contributed by atoms with Crippen molar-refractivity contribution in [1.29, 1.82) is 0 Å². The molecule has 0 spiro atoms. The maximum absolute atomic E-state index is 12.1. The van der Waals surface area contributed by atoms with Gasteiger partial charge in [-0.1, -0.05) is 24.3 Å². The van der Waals surface area contributed by atoms with Crippen LogP contribution in [0.2, 0.25) is 0 Å². The normalized spacial score (nSPS) is 10.2. The SMILES string of the molecule is COc1ccccc1NCC(=O)Nc1ccc(-c2ccn[nH]2)cc1. The predicted octanol–water partition coefficient (Wildman–Crippen LogP) is 3.14. The van der Waals surface area contributed by atoms with Crippen LogP contribution in [-0.2, 0) is 4.79 Å². The number of hydrogen-bond donors (Lipinski definition) is 3. The van der Waals surface area contributed by atoms with E-state index in [1.165, 1.54) is 0 Å². The zero-order valence-corrected chi connectivity index (χ0v) is 13.2. The van der Waals surface area contributed by atoms with Crippen molar-refractivity contribution in [3.8, 4) is 17.0 Å². The fourth-order valence-corrected chi connectivity index (χ4v) is 2.32. The highest BCUT2D eigenvalue weighted by atomic mass is 16.5. The molecule has 3 N–H and O–H groups in total. The molecule has 1 aromatic heterocycles. The molecule has 0 aliphatic rings. The van der Waals surface area contributed by atoms with E-state index in [0.29, 0.717) is 5.75 Å². The zero-order valence-electron chi connectivity index (χ0n) is 13.2. The Bertz CT molecular complexity index is 798. The van der Waals surface area contributed by atoms with Gasteiger partial charge in [0.05, 0.1) is 25.0 Å². The number of aromatic nitrogens is 2. The number of methoxy groups -OCH3 is 1. The van der Waals surface area contributed by atoms with Crippen LogP contribution in [0.1, 0.15) is 0 Å². The maximum atomic E-state index is 12.1. The van der Waals surface area contributed by atoms with Crippen molar-refractivity contribution in [1.82, 2.24) is 10.2 Å². The van der Waals surface area contributed by atoms with Gasteiger partial charge >= 0.3 is 0 Å². The Hall–Kier alpha value is -3.28. The van der Waals surface area contributed by atoms with E-state index < -0.39 is 0 Å². The smallest absolute Gasteiger partial charge is 0.243 e. The minimum atomic E-state index is -0.129. The van der Waals surface area contributed by atoms with Gasteiger partial charge in [0, 0.05) is 11.9 Å². The van der Waals surface area contributed by atoms with Gasteiger partial charge < -0.3 is 15.4 Å². The van der Waals surface area contributed by atoms with E-state index in [1.807, 2.05) is 54.6 Å². The molecule has 3 aromatic rings. The lowest BCUT2D eigenvalue weighted by Crippen LogP contribution is -2.21. The molecule has 0 aliphatic heterocycles. The van der Waals surface area contributed by atoms with Crippen molar-refractivity contribution < 1.29 is 9.53 Å². The second kappa shape index (κ2) is 7.32. The number of H-pyrrole nitrogens is 1. The Morgan fingerprint density at radius 3 is 2.62 bits per heavy atom. The van der Waals surface area contributed by atoms with Crippen LogP contribution in [0.3, 0.4) is 0 Å². The molecule has 24 heavy (non-hydrogen) atoms. The Kier molecular flexibility index (Phi) is 4.76. The first-order valence-electron chi connectivity index (χ1n) is 7.53. The second-order valence-electron chi connectivity index (χ2n) is 5.15. The number of rotatable bonds is 6. The van der Waals surface area contributed by atoms with Gasteiger partial charge in [0.25, 0.3) is 0 Å². The summed E-state index contributed by atoms with van der Waals surface area (Å²) in [5.74, 6) is 0.574. The standard InChI is InChI=1S/C18H18N4O2/c1-24-17-5-3-2-4-16(17)19-12-18(23)21-14-8-6-13(7-9-14)15-10-11-20-22-15/h2-11,19H,12H2,1H3,(H,20,22)(H,21,23). The van der Waals surface area contributed by atoms with Crippen LogP contribution in [0.25, 0.3) is 11.3 Å². The summed E-state index contributed by atoms with van der Waals surface area (Å²) in [4.78, 5) is 12.1. The number of carbonyl (C=O) groups excluding carboxylic acids is 1. The van der Waals surface area contributed by atoms with E-state index in [-0.39, 0.29) is 12.5 Å². The highest BCUT2D eigenvalue weighted by molar-refractivity contribution is 5.94. The fraction of sp³-hybridized carbons (Fsp3) is 0.111. The molecule has 122 valence electrons. The second-order valence-corrected chi connectivity index (χ2v) is 5.15. The topological polar surface area (TPSA) is 79.0 Å². The van der Waals surface area contributed by atoms with E-state index in [0.717, 1.165) is 22.6 Å². The van der Waals surface area contributed by atoms with Gasteiger partial charge in [0.15, 0.2) is 0 Å². The van der Waals surface area contributed by atoms with E-state index in [2.05, 4.69) is 20.8 Å². The molecular formula is C18H18N4O2. The van der Waals surface area contributed by atoms with E-state index >= 15 is 0 Å². The number of nitrogens with zero attached hydrogens (tertiary/aromatic N) is 1. The summed E-state index contributed by atoms with van der Waals surface area (Å²) in [6, 6.07) is 16.9. The molecule has 1 heterocycles. The molecule has 0 atom stereocenters. The fourth-order valence-electron chi connectivity index (χ4n) is 2.32. The summed E-state index contributed by atoms with van der Waals surface area (Å²) < 4.78 is 5.24. The molecule has 0 unspecified atom stereocenters. The van der Waals surface area contributed by atoms with Crippen molar-refractivity contribution >= 4 is 17.3 Å². The molecule has 0 saturated carbocycles. The Morgan fingerprint density at radius 2 is 1.92 bits per heavy atom. The van der Waals surface area contributed by atoms with E-state index in [9.17, 15) is 4.79 Å². The molecule has 6 heteroatoms. The number of ether oxygens (including phenoxy) is 1. The minimum Gasteiger partial charge on any atom is -0.495 e. The lowest BCUT2D eigenvalue weighted by molar-refractivity contribution is -0.114. The lowest BCUT2D eigenvalue weighted by Gasteiger charge is -2.11. The average Bonchev–Trinajstić information content (AvgIpc) is 3.15. The average molecular weight is 322 g/mol. The van der Waals surface area contributed by atoms with Crippen LogP contribution in [0.4, 0.5) is 11.4 Å². The third-order valence-electron chi connectivity index (χ3n) is 3.53. The Morgan fingerprint density at radius 1 is 1.12 bits per heavy atom. The van der Waals surface area contributed by atoms with E-state index in [1.54, 1.807) is 13.3 Å². The summed E-state index contributed by atoms with van der Waals surface area (Å²) >= 11 is 0. The molecule has 0 bridgehead atoms. The van der Waals surface area contributed by atoms with Gasteiger partial charge in [0.2, 0.25) is 5.91 Å². The molecule has 1 amide bonds. The molecule has 0 fully saturated rings. The highest BCUT2D eigenvalue weighted by Gasteiger charge is 2.06. The van der Waals surface area contributed by atoms with E-state index in [4.69, 9.17) is 4.74 Å². The molecule has 3 rings (SSSR count). The largest absolute Gasteiger partial charge is 0.495 e. The van der Waals surface area contributed by atoms with Gasteiger partial charge in [-0.25, -0.2) is 0 Å². The van der Waals surface area contributed by atoms with Crippen LogP contribution in [0.5, 0.6) is 5.75 Å². The molecule has 0 saturated heterocycles. The summed E-state index contributed by atoms with van der Waals surface area (Å²) in [7, 11) is 1.60. The van der Waals surface area contributed by atoms with Gasteiger partial charge in [-0.05, 0) is 35.9 Å². The van der Waals surface area contributed by atoms with Crippen molar-refractivity contribution in [2.24, 2.45) is 0 Å². The van der Waals surface area contributed by atoms with Crippen molar-refractivity contribution in [3.05, 3.63) is 60.8 Å². The highest BCUT2D eigenvalue weighted by Crippen LogP contribution is 2.23.